The van der Waals surface area contributed by atoms with Crippen molar-refractivity contribution >= 4 is 73.3 Å². The average molecular weight is 840 g/mol. The van der Waals surface area contributed by atoms with Crippen LogP contribution in [0, 0.1) is 10.8 Å². The molecule has 0 radical (unpaired) electrons. The van der Waals surface area contributed by atoms with Crippen LogP contribution in [0.15, 0.2) is 66.1 Å². The fourth-order valence-electron chi connectivity index (χ4n) is 4.11. The first-order chi connectivity index (χ1) is 20.7. The van der Waals surface area contributed by atoms with Crippen LogP contribution in [0.3, 0.4) is 0 Å². The summed E-state index contributed by atoms with van der Waals surface area (Å²) in [6, 6.07) is 4.31. The molecular formula is C35H50BF4NO2Se3. The molecule has 256 valence electrons. The number of carbonyl (C=O) groups is 1. The molecule has 0 bridgehead atoms. The van der Waals surface area contributed by atoms with E-state index in [-0.39, 0.29) is 55.2 Å². The van der Waals surface area contributed by atoms with Crippen molar-refractivity contribution in [1.82, 2.24) is 5.32 Å². The zero-order valence-electron chi connectivity index (χ0n) is 29.5. The van der Waals surface area contributed by atoms with Gasteiger partial charge in [0.25, 0.3) is 0 Å². The molecule has 0 saturated carbocycles. The summed E-state index contributed by atoms with van der Waals surface area (Å²) in [5.41, 5.74) is 4.95. The van der Waals surface area contributed by atoms with E-state index in [1.165, 1.54) is 8.94 Å². The van der Waals surface area contributed by atoms with E-state index in [2.05, 4.69) is 132 Å². The number of Topliss-reactive ketones (excluding diaryl/α,β-unsaturated/α-hetero) is 1. The summed E-state index contributed by atoms with van der Waals surface area (Å²) in [6.07, 6.45) is 9.86. The van der Waals surface area contributed by atoms with Crippen molar-refractivity contribution in [2.45, 2.75) is 105 Å². The third-order valence-corrected chi connectivity index (χ3v) is 14.3. The standard InChI is InChI=1S/C35H49NO2Se3.BF4/c1-14-15-36-30-24(16-22-18-26(32(2,3)4)39-27(19-22)33(5,6)7)31(37)25(30)17-23-20-28(40-34(8,9)10)38-29(21-23)41-35(11,12)13;2-1(3,4)5/h16-21H,14-15H2,1-13H3;/q;-1/p+1/b25-17-;. The van der Waals surface area contributed by atoms with Crippen LogP contribution in [0.25, 0.3) is 6.08 Å². The summed E-state index contributed by atoms with van der Waals surface area (Å²) in [5.74, 6) is 0.121. The number of hydrogen-bond acceptors (Lipinski definition) is 2. The van der Waals surface area contributed by atoms with Gasteiger partial charge in [-0.05, 0) is 0 Å². The Bertz CT molecular complexity index is 1370. The van der Waals surface area contributed by atoms with Gasteiger partial charge in [0.05, 0.1) is 0 Å². The molecule has 0 amide bonds. The molecule has 1 aromatic rings. The Kier molecular flexibility index (Phi) is 13.7. The number of halogens is 4. The molecule has 1 N–H and O–H groups in total. The average Bonchev–Trinajstić information content (AvgIpc) is 2.82. The second kappa shape index (κ2) is 15.5. The second-order valence-electron chi connectivity index (χ2n) is 15.3. The number of nitrogens with one attached hydrogen (secondary N) is 1. The normalized spacial score (nSPS) is 17.3. The molecule has 3 nitrogen and oxygen atoms in total. The van der Waals surface area contributed by atoms with Crippen molar-refractivity contribution in [3.05, 3.63) is 67.3 Å². The summed E-state index contributed by atoms with van der Waals surface area (Å²) in [7, 11) is -6.00. The van der Waals surface area contributed by atoms with E-state index in [9.17, 15) is 22.1 Å². The molecule has 0 saturated heterocycles. The maximum absolute atomic E-state index is 13.7. The van der Waals surface area contributed by atoms with Crippen molar-refractivity contribution in [2.75, 3.05) is 6.54 Å². The van der Waals surface area contributed by atoms with Crippen LogP contribution < -0.4 is 14.6 Å². The monoisotopic (exact) mass is 843 g/mol. The first kappa shape index (κ1) is 40.8. The number of hydrogen-bond donors (Lipinski definition) is 1. The van der Waals surface area contributed by atoms with Crippen molar-refractivity contribution in [1.29, 1.82) is 0 Å². The van der Waals surface area contributed by atoms with Gasteiger partial charge in [0, 0.05) is 0 Å². The molecule has 2 aliphatic rings. The zero-order chi connectivity index (χ0) is 35.5. The maximum atomic E-state index is 13.7. The molecule has 0 fully saturated rings. The largest absolute Gasteiger partial charge is 0.673 e. The minimum atomic E-state index is -6.00. The fraction of sp³-hybridized carbons (Fsp3) is 0.543. The molecule has 3 rings (SSSR count). The summed E-state index contributed by atoms with van der Waals surface area (Å²) >= 11 is 0.704. The molecule has 0 atom stereocenters. The Morgan fingerprint density at radius 2 is 1.24 bits per heavy atom. The number of carbonyl (C=O) groups excluding carboxylic acids is 1. The van der Waals surface area contributed by atoms with Crippen LogP contribution in [0.4, 0.5) is 17.3 Å². The summed E-state index contributed by atoms with van der Waals surface area (Å²) < 4.78 is 50.8. The summed E-state index contributed by atoms with van der Waals surface area (Å²) in [4.78, 5) is 13.7. The van der Waals surface area contributed by atoms with Crippen molar-refractivity contribution in [3.8, 4) is 0 Å². The van der Waals surface area contributed by atoms with Gasteiger partial charge < -0.3 is 17.3 Å². The number of rotatable bonds is 7. The molecule has 1 aromatic heterocycles. The molecule has 0 aromatic carbocycles. The van der Waals surface area contributed by atoms with Crippen LogP contribution in [0.2, 0.25) is 8.63 Å². The van der Waals surface area contributed by atoms with Gasteiger partial charge in [-0.2, -0.15) is 0 Å². The van der Waals surface area contributed by atoms with Crippen LogP contribution in [0.1, 0.15) is 102 Å². The Morgan fingerprint density at radius 3 is 1.61 bits per heavy atom. The minimum absolute atomic E-state index is 0.104. The maximum Gasteiger partial charge on any atom is 0.673 e. The van der Waals surface area contributed by atoms with E-state index in [4.69, 9.17) is 4.42 Å². The SMILES string of the molecule is CCCNC1=C(C=C2C=C(C(C)(C)C)[Se]C(C(C)(C)C)=C2)C(=O)/C1=C\c1cc([Se]C(C)(C)C)[o+]c([Se]C(C)(C)C)c1.F[B-](F)(F)F. The van der Waals surface area contributed by atoms with Crippen LogP contribution in [0.5, 0.6) is 0 Å². The number of allylic oxidation sites excluding steroid dienone is 8. The minimum Gasteiger partial charge on any atom is -0.418 e. The third kappa shape index (κ3) is 14.0. The van der Waals surface area contributed by atoms with Gasteiger partial charge in [-0.3, -0.25) is 0 Å². The van der Waals surface area contributed by atoms with E-state index in [0.29, 0.717) is 15.0 Å². The Morgan fingerprint density at radius 1 is 0.804 bits per heavy atom. The van der Waals surface area contributed by atoms with Crippen LogP contribution >= 0.6 is 0 Å². The van der Waals surface area contributed by atoms with Crippen LogP contribution in [-0.4, -0.2) is 64.5 Å². The zero-order valence-corrected chi connectivity index (χ0v) is 34.6. The van der Waals surface area contributed by atoms with Gasteiger partial charge in [0.2, 0.25) is 0 Å². The van der Waals surface area contributed by atoms with Gasteiger partial charge in [-0.1, -0.05) is 0 Å². The third-order valence-electron chi connectivity index (χ3n) is 6.08. The summed E-state index contributed by atoms with van der Waals surface area (Å²) in [5, 5.41) is 3.59. The molecular weight excluding hydrogens is 790 g/mol. The van der Waals surface area contributed by atoms with Crippen molar-refractivity contribution in [3.63, 3.8) is 0 Å². The fourth-order valence-corrected chi connectivity index (χ4v) is 10.9. The topological polar surface area (TPSA) is 40.4 Å². The molecule has 2 heterocycles. The van der Waals surface area contributed by atoms with Crippen LogP contribution in [-0.2, 0) is 4.79 Å². The Labute approximate surface area is 293 Å². The van der Waals surface area contributed by atoms with Crippen molar-refractivity contribution < 1.29 is 26.5 Å². The Balaban J connectivity index is 0.00000136. The van der Waals surface area contributed by atoms with E-state index < -0.39 is 7.25 Å². The first-order valence-corrected chi connectivity index (χ1v) is 20.6. The molecule has 0 unspecified atom stereocenters. The van der Waals surface area contributed by atoms with Gasteiger partial charge in [0.15, 0.2) is 0 Å². The molecule has 46 heavy (non-hydrogen) atoms. The molecule has 11 heteroatoms. The van der Waals surface area contributed by atoms with Crippen molar-refractivity contribution in [2.24, 2.45) is 10.8 Å². The van der Waals surface area contributed by atoms with E-state index in [1.807, 2.05) is 0 Å². The molecule has 1 aliphatic heterocycles. The number of ketones is 1. The summed E-state index contributed by atoms with van der Waals surface area (Å²) in [6.45, 7) is 30.3. The van der Waals surface area contributed by atoms with Gasteiger partial charge >= 0.3 is 278 Å². The predicted octanol–water partition coefficient (Wildman–Crippen LogP) is 8.68. The van der Waals surface area contributed by atoms with E-state index in [0.717, 1.165) is 50.3 Å². The van der Waals surface area contributed by atoms with Gasteiger partial charge in [0.1, 0.15) is 0 Å². The Hall–Kier alpha value is -1.34. The predicted molar refractivity (Wildman–Crippen MR) is 191 cm³/mol. The van der Waals surface area contributed by atoms with Gasteiger partial charge in [-0.15, -0.1) is 0 Å². The van der Waals surface area contributed by atoms with E-state index in [1.54, 1.807) is 0 Å². The molecule has 0 spiro atoms. The quantitative estimate of drug-likeness (QED) is 0.129. The smallest absolute Gasteiger partial charge is 0.418 e. The first-order valence-electron chi connectivity index (χ1n) is 15.5. The van der Waals surface area contributed by atoms with Gasteiger partial charge in [-0.25, -0.2) is 0 Å². The molecule has 1 aliphatic carbocycles. The van der Waals surface area contributed by atoms with E-state index >= 15 is 0 Å². The second-order valence-corrected chi connectivity index (χ2v) is 25.3.